The molecule has 0 aliphatic carbocycles. The van der Waals surface area contributed by atoms with Crippen LogP contribution in [0.25, 0.3) is 61.4 Å². The smallest absolute Gasteiger partial charge is 0.207 e. The highest BCUT2D eigenvalue weighted by Crippen LogP contribution is 2.47. The van der Waals surface area contributed by atoms with E-state index < -0.39 is 29.4 Å². The van der Waals surface area contributed by atoms with Crippen molar-refractivity contribution in [3.63, 3.8) is 0 Å². The van der Waals surface area contributed by atoms with Gasteiger partial charge in [0.05, 0.1) is 5.56 Å². The van der Waals surface area contributed by atoms with E-state index in [1.54, 1.807) is 11.3 Å². The fraction of sp³-hybridized carbons (Fsp3) is 0.333. The minimum atomic E-state index is -0.874. The molecule has 0 N–H and O–H groups in total. The first kappa shape index (κ1) is 49.4. The SMILES string of the molecule is C=Cc1c(CCC)sc2cc(C(C)(C)C)c(-n3cc[n+]([C@@H]4c5cc(F)cc(F)c5-c5n(-c6c(C(C)C)cc(-c7ccccc7)cc6C(C)C)cc[n+]54)c3-c3ccc(F)cc3F)c(C(C)C)c12.CCC. The van der Waals surface area contributed by atoms with E-state index in [4.69, 9.17) is 0 Å². The number of aryl methyl sites for hydroxylation is 1. The highest BCUT2D eigenvalue weighted by Gasteiger charge is 2.48. The molecule has 0 unspecified atom stereocenters. The highest BCUT2D eigenvalue weighted by molar-refractivity contribution is 7.19. The Labute approximate surface area is 410 Å². The van der Waals surface area contributed by atoms with Crippen molar-refractivity contribution in [3.05, 3.63) is 172 Å². The van der Waals surface area contributed by atoms with Crippen LogP contribution in [0.5, 0.6) is 0 Å². The predicted octanol–water partition coefficient (Wildman–Crippen LogP) is 16.7. The minimum Gasteiger partial charge on any atom is -0.207 e. The molecular formula is C60H66F4N4S+2. The molecule has 0 bridgehead atoms. The van der Waals surface area contributed by atoms with Crippen molar-refractivity contribution in [1.82, 2.24) is 9.13 Å². The first-order valence-electron chi connectivity index (χ1n) is 24.5. The van der Waals surface area contributed by atoms with Crippen molar-refractivity contribution < 1.29 is 26.7 Å². The van der Waals surface area contributed by atoms with Gasteiger partial charge in [-0.1, -0.05) is 139 Å². The molecule has 0 saturated carbocycles. The Morgan fingerprint density at radius 3 is 1.84 bits per heavy atom. The first-order valence-corrected chi connectivity index (χ1v) is 25.4. The van der Waals surface area contributed by atoms with Crippen LogP contribution in [0.1, 0.15) is 158 Å². The molecule has 358 valence electrons. The molecule has 0 radical (unpaired) electrons. The second-order valence-electron chi connectivity index (χ2n) is 20.4. The van der Waals surface area contributed by atoms with E-state index in [1.165, 1.54) is 29.5 Å². The quantitative estimate of drug-likeness (QED) is 0.0908. The van der Waals surface area contributed by atoms with Crippen molar-refractivity contribution in [3.8, 4) is 45.3 Å². The molecular weight excluding hydrogens is 885 g/mol. The van der Waals surface area contributed by atoms with E-state index >= 15 is 13.2 Å². The predicted molar refractivity (Wildman–Crippen MR) is 278 cm³/mol. The van der Waals surface area contributed by atoms with Crippen LogP contribution < -0.4 is 9.13 Å². The summed E-state index contributed by atoms with van der Waals surface area (Å²) >= 11 is 1.80. The summed E-state index contributed by atoms with van der Waals surface area (Å²) in [7, 11) is 0. The van der Waals surface area contributed by atoms with Gasteiger partial charge in [-0.25, -0.2) is 17.6 Å². The van der Waals surface area contributed by atoms with Crippen LogP contribution in [-0.2, 0) is 11.8 Å². The molecule has 5 aromatic carbocycles. The molecule has 1 aliphatic rings. The van der Waals surface area contributed by atoms with Crippen LogP contribution in [0.15, 0.2) is 110 Å². The Bertz CT molecular complexity index is 3190. The number of imidazole rings is 2. The monoisotopic (exact) mass is 950 g/mol. The van der Waals surface area contributed by atoms with Crippen molar-refractivity contribution in [1.29, 1.82) is 0 Å². The molecule has 0 saturated heterocycles. The minimum absolute atomic E-state index is 0.0123. The molecule has 9 heteroatoms. The van der Waals surface area contributed by atoms with Crippen LogP contribution in [0, 0.1) is 23.3 Å². The summed E-state index contributed by atoms with van der Waals surface area (Å²) in [6, 6.07) is 23.0. The third-order valence-corrected chi connectivity index (χ3v) is 14.4. The summed E-state index contributed by atoms with van der Waals surface area (Å²) in [6.07, 6.45) is 11.9. The van der Waals surface area contributed by atoms with Gasteiger partial charge in [0.1, 0.15) is 70.6 Å². The van der Waals surface area contributed by atoms with Crippen LogP contribution in [0.2, 0.25) is 0 Å². The van der Waals surface area contributed by atoms with Crippen LogP contribution in [-0.4, -0.2) is 9.13 Å². The number of fused-ring (bicyclic) bond motifs is 4. The molecule has 4 heterocycles. The van der Waals surface area contributed by atoms with Gasteiger partial charge in [0, 0.05) is 49.3 Å². The average Bonchev–Trinajstić information content (AvgIpc) is 4.06. The van der Waals surface area contributed by atoms with Crippen LogP contribution >= 0.6 is 11.3 Å². The topological polar surface area (TPSA) is 17.6 Å². The Kier molecular flexibility index (Phi) is 13.9. The molecule has 0 amide bonds. The molecule has 1 aliphatic heterocycles. The number of hydrogen-bond donors (Lipinski definition) is 0. The Morgan fingerprint density at radius 1 is 0.696 bits per heavy atom. The summed E-state index contributed by atoms with van der Waals surface area (Å²) < 4.78 is 73.5. The van der Waals surface area contributed by atoms with Gasteiger partial charge in [0.15, 0.2) is 0 Å². The molecule has 3 aromatic heterocycles. The average molecular weight is 951 g/mol. The number of halogens is 4. The molecule has 4 nitrogen and oxygen atoms in total. The van der Waals surface area contributed by atoms with E-state index in [0.717, 1.165) is 85.4 Å². The number of hydrogen-bond acceptors (Lipinski definition) is 1. The summed E-state index contributed by atoms with van der Waals surface area (Å²) in [6.45, 7) is 30.3. The molecule has 69 heavy (non-hydrogen) atoms. The zero-order valence-electron chi connectivity index (χ0n) is 42.2. The molecule has 0 fully saturated rings. The van der Waals surface area contributed by atoms with Gasteiger partial charge in [0.2, 0.25) is 0 Å². The number of rotatable bonds is 11. The van der Waals surface area contributed by atoms with E-state index in [1.807, 2.05) is 62.8 Å². The van der Waals surface area contributed by atoms with E-state index in [2.05, 4.69) is 125 Å². The standard InChI is InChI=1S/C57H58F4N4S.C3H8/c1-12-17-47-39(13-2)51-48(66-47)31-44(57(9,10)11)53(49(51)34(7)8)63-23-24-64(54(63)40-21-20-37(58)29-45(40)60)55-43-28-38(59)30-46(61)50(43)56-62(22-25-65(55)56)52-41(32(3)4)26-36(27-42(52)33(5)6)35-18-15-14-16-19-35;1-3-2/h13-16,18-34,55H,2,12,17H2,1,3-11H3;3H2,1-2H3/q+2;/t55-;/m0./s1. The Morgan fingerprint density at radius 2 is 1.29 bits per heavy atom. The molecule has 1 atom stereocenters. The lowest BCUT2D eigenvalue weighted by atomic mass is 9.81. The lowest BCUT2D eigenvalue weighted by Gasteiger charge is -2.26. The van der Waals surface area contributed by atoms with Gasteiger partial charge < -0.3 is 0 Å². The van der Waals surface area contributed by atoms with Crippen molar-refractivity contribution >= 4 is 27.5 Å². The zero-order valence-corrected chi connectivity index (χ0v) is 43.1. The van der Waals surface area contributed by atoms with Crippen molar-refractivity contribution in [2.45, 2.75) is 132 Å². The Balaban J connectivity index is 0.00000209. The van der Waals surface area contributed by atoms with Gasteiger partial charge in [-0.15, -0.1) is 11.3 Å². The fourth-order valence-electron chi connectivity index (χ4n) is 10.2. The zero-order chi connectivity index (χ0) is 49.8. The number of thiophene rings is 1. The number of nitrogens with zero attached hydrogens (tertiary/aromatic N) is 4. The lowest BCUT2D eigenvalue weighted by molar-refractivity contribution is -0.920. The summed E-state index contributed by atoms with van der Waals surface area (Å²) in [5, 5.41) is 1.12. The van der Waals surface area contributed by atoms with Gasteiger partial charge >= 0.3 is 11.6 Å². The van der Waals surface area contributed by atoms with Crippen molar-refractivity contribution in [2.75, 3.05) is 0 Å². The summed E-state index contributed by atoms with van der Waals surface area (Å²) in [5.41, 5.74) is 9.83. The largest absolute Gasteiger partial charge is 0.301 e. The van der Waals surface area contributed by atoms with Crippen LogP contribution in [0.3, 0.4) is 0 Å². The lowest BCUT2D eigenvalue weighted by Crippen LogP contribution is -2.56. The van der Waals surface area contributed by atoms with Gasteiger partial charge in [-0.05, 0) is 82.7 Å². The second kappa shape index (κ2) is 19.4. The second-order valence-corrected chi connectivity index (χ2v) is 21.5. The van der Waals surface area contributed by atoms with Gasteiger partial charge in [0.25, 0.3) is 6.17 Å². The highest BCUT2D eigenvalue weighted by atomic mass is 32.1. The molecule has 9 rings (SSSR count). The van der Waals surface area contributed by atoms with E-state index in [0.29, 0.717) is 17.2 Å². The Hall–Kier alpha value is -6.06. The first-order chi connectivity index (χ1) is 32.9. The van der Waals surface area contributed by atoms with Gasteiger partial charge in [-0.3, -0.25) is 0 Å². The normalized spacial score (nSPS) is 13.4. The third-order valence-electron chi connectivity index (χ3n) is 13.2. The maximum absolute atomic E-state index is 16.9. The number of aromatic nitrogens is 4. The van der Waals surface area contributed by atoms with Crippen LogP contribution in [0.4, 0.5) is 17.6 Å². The fourth-order valence-corrected chi connectivity index (χ4v) is 11.6. The summed E-state index contributed by atoms with van der Waals surface area (Å²) in [5.74, 6) is -1.77. The maximum atomic E-state index is 16.9. The van der Waals surface area contributed by atoms with E-state index in [9.17, 15) is 4.39 Å². The molecule has 0 spiro atoms. The van der Waals surface area contributed by atoms with E-state index in [-0.39, 0.29) is 34.3 Å². The third kappa shape index (κ3) is 8.70. The molecule has 8 aromatic rings. The number of benzene rings is 5. The van der Waals surface area contributed by atoms with Gasteiger partial charge in [-0.2, -0.15) is 18.3 Å². The summed E-state index contributed by atoms with van der Waals surface area (Å²) in [4.78, 5) is 1.27. The van der Waals surface area contributed by atoms with Crippen molar-refractivity contribution in [2.24, 2.45) is 0 Å². The maximum Gasteiger partial charge on any atom is 0.301 e.